The van der Waals surface area contributed by atoms with Crippen LogP contribution in [0, 0.1) is 12.8 Å². The zero-order valence-electron chi connectivity index (χ0n) is 13.4. The maximum absolute atomic E-state index is 12.0. The minimum absolute atomic E-state index is 0.0407. The second-order valence-electron chi connectivity index (χ2n) is 5.93. The molecule has 0 aliphatic carbocycles. The number of aryl methyl sites for hydroxylation is 1. The SMILES string of the molecule is CNC(=O)C1CCN(CC(=O)NCc2ccc(C)cc2)CC1. The van der Waals surface area contributed by atoms with Crippen LogP contribution in [0.2, 0.25) is 0 Å². The van der Waals surface area contributed by atoms with Crippen LogP contribution in [0.1, 0.15) is 24.0 Å². The monoisotopic (exact) mass is 303 g/mol. The van der Waals surface area contributed by atoms with Crippen LogP contribution in [0.5, 0.6) is 0 Å². The van der Waals surface area contributed by atoms with Crippen molar-refractivity contribution in [3.63, 3.8) is 0 Å². The maximum Gasteiger partial charge on any atom is 0.234 e. The Balaban J connectivity index is 1.69. The summed E-state index contributed by atoms with van der Waals surface area (Å²) in [5.41, 5.74) is 2.33. The summed E-state index contributed by atoms with van der Waals surface area (Å²) in [6, 6.07) is 8.16. The van der Waals surface area contributed by atoms with Crippen LogP contribution in [0.15, 0.2) is 24.3 Å². The average molecular weight is 303 g/mol. The van der Waals surface area contributed by atoms with E-state index >= 15 is 0 Å². The van der Waals surface area contributed by atoms with Gasteiger partial charge in [0, 0.05) is 19.5 Å². The van der Waals surface area contributed by atoms with Crippen molar-refractivity contribution in [2.45, 2.75) is 26.3 Å². The summed E-state index contributed by atoms with van der Waals surface area (Å²) in [7, 11) is 1.67. The summed E-state index contributed by atoms with van der Waals surface area (Å²) in [6.45, 7) is 4.62. The number of carbonyl (C=O) groups excluding carboxylic acids is 2. The number of likely N-dealkylation sites (tertiary alicyclic amines) is 1. The summed E-state index contributed by atoms with van der Waals surface area (Å²) in [5.74, 6) is 0.249. The number of amides is 2. The lowest BCUT2D eigenvalue weighted by Crippen LogP contribution is -2.43. The molecule has 0 aromatic heterocycles. The summed E-state index contributed by atoms with van der Waals surface area (Å²) in [4.78, 5) is 25.7. The topological polar surface area (TPSA) is 61.4 Å². The number of nitrogens with one attached hydrogen (secondary N) is 2. The van der Waals surface area contributed by atoms with E-state index in [2.05, 4.69) is 15.5 Å². The molecule has 0 bridgehead atoms. The number of nitrogens with zero attached hydrogens (tertiary/aromatic N) is 1. The van der Waals surface area contributed by atoms with Crippen LogP contribution in [-0.2, 0) is 16.1 Å². The smallest absolute Gasteiger partial charge is 0.234 e. The lowest BCUT2D eigenvalue weighted by atomic mass is 9.96. The molecule has 1 saturated heterocycles. The van der Waals surface area contributed by atoms with E-state index in [0.29, 0.717) is 13.1 Å². The van der Waals surface area contributed by atoms with E-state index in [-0.39, 0.29) is 17.7 Å². The quantitative estimate of drug-likeness (QED) is 0.855. The first-order chi connectivity index (χ1) is 10.6. The molecule has 2 rings (SSSR count). The van der Waals surface area contributed by atoms with Crippen LogP contribution in [-0.4, -0.2) is 43.4 Å². The molecule has 2 amide bonds. The van der Waals surface area contributed by atoms with Gasteiger partial charge in [0.1, 0.15) is 0 Å². The molecule has 0 atom stereocenters. The first kappa shape index (κ1) is 16.5. The van der Waals surface area contributed by atoms with Crippen LogP contribution < -0.4 is 10.6 Å². The lowest BCUT2D eigenvalue weighted by Gasteiger charge is -2.30. The standard InChI is InChI=1S/C17H25N3O2/c1-13-3-5-14(6-4-13)11-19-16(21)12-20-9-7-15(8-10-20)17(22)18-2/h3-6,15H,7-12H2,1-2H3,(H,18,22)(H,19,21). The highest BCUT2D eigenvalue weighted by atomic mass is 16.2. The highest BCUT2D eigenvalue weighted by Gasteiger charge is 2.24. The zero-order chi connectivity index (χ0) is 15.9. The van der Waals surface area contributed by atoms with E-state index in [0.717, 1.165) is 31.5 Å². The molecule has 0 radical (unpaired) electrons. The summed E-state index contributed by atoms with van der Waals surface area (Å²) >= 11 is 0. The number of carbonyl (C=O) groups is 2. The molecule has 22 heavy (non-hydrogen) atoms. The minimum atomic E-state index is 0.0407. The highest BCUT2D eigenvalue weighted by molar-refractivity contribution is 5.79. The van der Waals surface area contributed by atoms with Gasteiger partial charge in [-0.1, -0.05) is 29.8 Å². The summed E-state index contributed by atoms with van der Waals surface area (Å²) in [6.07, 6.45) is 1.65. The van der Waals surface area contributed by atoms with Crippen molar-refractivity contribution < 1.29 is 9.59 Å². The Morgan fingerprint density at radius 1 is 1.18 bits per heavy atom. The molecule has 5 nitrogen and oxygen atoms in total. The molecule has 1 aliphatic heterocycles. The number of hydrogen-bond acceptors (Lipinski definition) is 3. The van der Waals surface area contributed by atoms with Gasteiger partial charge in [-0.25, -0.2) is 0 Å². The van der Waals surface area contributed by atoms with E-state index in [4.69, 9.17) is 0 Å². The molecule has 2 N–H and O–H groups in total. The maximum atomic E-state index is 12.0. The van der Waals surface area contributed by atoms with Gasteiger partial charge >= 0.3 is 0 Å². The summed E-state index contributed by atoms with van der Waals surface area (Å²) in [5, 5.41) is 5.65. The molecular weight excluding hydrogens is 278 g/mol. The van der Waals surface area contributed by atoms with Gasteiger partial charge in [0.2, 0.25) is 11.8 Å². The normalized spacial score (nSPS) is 16.3. The Morgan fingerprint density at radius 2 is 1.82 bits per heavy atom. The zero-order valence-corrected chi connectivity index (χ0v) is 13.4. The Kier molecular flexibility index (Phi) is 5.95. The van der Waals surface area contributed by atoms with Gasteiger partial charge in [-0.3, -0.25) is 14.5 Å². The third-order valence-corrected chi connectivity index (χ3v) is 4.18. The fourth-order valence-electron chi connectivity index (χ4n) is 2.72. The van der Waals surface area contributed by atoms with Crippen LogP contribution >= 0.6 is 0 Å². The van der Waals surface area contributed by atoms with Gasteiger partial charge in [0.15, 0.2) is 0 Å². The average Bonchev–Trinajstić information content (AvgIpc) is 2.54. The first-order valence-electron chi connectivity index (χ1n) is 7.84. The fraction of sp³-hybridized carbons (Fsp3) is 0.529. The largest absolute Gasteiger partial charge is 0.359 e. The molecule has 1 aromatic carbocycles. The van der Waals surface area contributed by atoms with Crippen molar-refractivity contribution in [2.75, 3.05) is 26.7 Å². The van der Waals surface area contributed by atoms with E-state index in [1.807, 2.05) is 31.2 Å². The number of benzene rings is 1. The molecule has 5 heteroatoms. The Bertz CT molecular complexity index is 505. The van der Waals surface area contributed by atoms with Crippen molar-refractivity contribution in [3.05, 3.63) is 35.4 Å². The van der Waals surface area contributed by atoms with Crippen LogP contribution in [0.4, 0.5) is 0 Å². The third-order valence-electron chi connectivity index (χ3n) is 4.18. The van der Waals surface area contributed by atoms with Crippen molar-refractivity contribution in [1.82, 2.24) is 15.5 Å². The molecule has 1 aliphatic rings. The van der Waals surface area contributed by atoms with Crippen molar-refractivity contribution in [3.8, 4) is 0 Å². The van der Waals surface area contributed by atoms with Gasteiger partial charge in [-0.15, -0.1) is 0 Å². The summed E-state index contributed by atoms with van der Waals surface area (Å²) < 4.78 is 0. The molecule has 1 heterocycles. The van der Waals surface area contributed by atoms with Gasteiger partial charge < -0.3 is 10.6 Å². The Labute approximate surface area is 132 Å². The van der Waals surface area contributed by atoms with E-state index in [9.17, 15) is 9.59 Å². The second-order valence-corrected chi connectivity index (χ2v) is 5.93. The lowest BCUT2D eigenvalue weighted by molar-refractivity contribution is -0.126. The number of rotatable bonds is 5. The molecule has 1 aromatic rings. The molecule has 1 fully saturated rings. The third kappa shape index (κ3) is 4.84. The van der Waals surface area contributed by atoms with E-state index in [1.165, 1.54) is 5.56 Å². The fourth-order valence-corrected chi connectivity index (χ4v) is 2.72. The van der Waals surface area contributed by atoms with Crippen molar-refractivity contribution in [1.29, 1.82) is 0 Å². The first-order valence-corrected chi connectivity index (χ1v) is 7.84. The number of hydrogen-bond donors (Lipinski definition) is 2. The van der Waals surface area contributed by atoms with Crippen LogP contribution in [0.25, 0.3) is 0 Å². The van der Waals surface area contributed by atoms with Crippen molar-refractivity contribution in [2.24, 2.45) is 5.92 Å². The van der Waals surface area contributed by atoms with E-state index in [1.54, 1.807) is 7.05 Å². The Hall–Kier alpha value is -1.88. The Morgan fingerprint density at radius 3 is 2.41 bits per heavy atom. The van der Waals surface area contributed by atoms with E-state index < -0.39 is 0 Å². The predicted molar refractivity (Wildman–Crippen MR) is 86.3 cm³/mol. The van der Waals surface area contributed by atoms with Gasteiger partial charge in [-0.2, -0.15) is 0 Å². The second kappa shape index (κ2) is 7.94. The molecule has 0 unspecified atom stereocenters. The van der Waals surface area contributed by atoms with Gasteiger partial charge in [0.05, 0.1) is 6.54 Å². The van der Waals surface area contributed by atoms with Crippen LogP contribution in [0.3, 0.4) is 0 Å². The molecule has 0 saturated carbocycles. The van der Waals surface area contributed by atoms with Gasteiger partial charge in [0.25, 0.3) is 0 Å². The van der Waals surface area contributed by atoms with Gasteiger partial charge in [-0.05, 0) is 38.4 Å². The molecular formula is C17H25N3O2. The number of piperidine rings is 1. The highest BCUT2D eigenvalue weighted by Crippen LogP contribution is 2.16. The molecule has 0 spiro atoms. The predicted octanol–water partition coefficient (Wildman–Crippen LogP) is 1.07. The molecule has 120 valence electrons. The van der Waals surface area contributed by atoms with Crippen molar-refractivity contribution >= 4 is 11.8 Å². The minimum Gasteiger partial charge on any atom is -0.359 e.